The topological polar surface area (TPSA) is 64.1 Å². The summed E-state index contributed by atoms with van der Waals surface area (Å²) in [6.45, 7) is 0.704. The standard InChI is InChI=1S/C18H15BrClN3OS2/c19-16-13(7-11(21)14-4-2-6-26-14)24-18-12(8-15(20)23-17(16)18)22-9-10-3-1-5-25-10/h1-6,8,11H,7,9,21H2,(H,22,23)/t11-/m1/s1. The highest BCUT2D eigenvalue weighted by atomic mass is 79.9. The zero-order valence-corrected chi connectivity index (χ0v) is 17.5. The lowest BCUT2D eigenvalue weighted by molar-refractivity contribution is 0.520. The van der Waals surface area contributed by atoms with E-state index in [1.807, 2.05) is 23.6 Å². The number of halogens is 2. The number of pyridine rings is 1. The van der Waals surface area contributed by atoms with Crippen LogP contribution in [0, 0.1) is 0 Å². The van der Waals surface area contributed by atoms with Crippen molar-refractivity contribution < 1.29 is 4.42 Å². The summed E-state index contributed by atoms with van der Waals surface area (Å²) in [7, 11) is 0. The van der Waals surface area contributed by atoms with Gasteiger partial charge in [-0.05, 0) is 38.8 Å². The summed E-state index contributed by atoms with van der Waals surface area (Å²) >= 11 is 13.2. The monoisotopic (exact) mass is 467 g/mol. The van der Waals surface area contributed by atoms with Gasteiger partial charge in [0.15, 0.2) is 5.58 Å². The van der Waals surface area contributed by atoms with E-state index >= 15 is 0 Å². The van der Waals surface area contributed by atoms with Crippen LogP contribution in [0.15, 0.2) is 50.0 Å². The minimum Gasteiger partial charge on any atom is -0.456 e. The molecule has 4 heterocycles. The van der Waals surface area contributed by atoms with Gasteiger partial charge in [-0.25, -0.2) is 4.98 Å². The molecule has 0 amide bonds. The van der Waals surface area contributed by atoms with Crippen LogP contribution in [0.3, 0.4) is 0 Å². The smallest absolute Gasteiger partial charge is 0.177 e. The Bertz CT molecular complexity index is 1020. The van der Waals surface area contributed by atoms with Crippen molar-refractivity contribution in [2.75, 3.05) is 5.32 Å². The van der Waals surface area contributed by atoms with E-state index in [0.29, 0.717) is 29.2 Å². The Hall–Kier alpha value is -1.38. The Balaban J connectivity index is 1.65. The number of hydrogen-bond acceptors (Lipinski definition) is 6. The van der Waals surface area contributed by atoms with E-state index in [0.717, 1.165) is 20.8 Å². The van der Waals surface area contributed by atoms with Gasteiger partial charge in [-0.1, -0.05) is 23.7 Å². The van der Waals surface area contributed by atoms with Crippen LogP contribution in [0.5, 0.6) is 0 Å². The minimum absolute atomic E-state index is 0.120. The van der Waals surface area contributed by atoms with Crippen LogP contribution in [0.2, 0.25) is 5.15 Å². The fourth-order valence-corrected chi connectivity index (χ4v) is 4.79. The molecule has 0 bridgehead atoms. The Morgan fingerprint density at radius 1 is 1.27 bits per heavy atom. The van der Waals surface area contributed by atoms with Crippen molar-refractivity contribution in [2.24, 2.45) is 5.73 Å². The zero-order chi connectivity index (χ0) is 18.1. The van der Waals surface area contributed by atoms with E-state index in [-0.39, 0.29) is 6.04 Å². The van der Waals surface area contributed by atoms with E-state index in [4.69, 9.17) is 21.8 Å². The van der Waals surface area contributed by atoms with Crippen molar-refractivity contribution >= 4 is 67.0 Å². The van der Waals surface area contributed by atoms with Gasteiger partial charge in [-0.15, -0.1) is 22.7 Å². The Labute approximate surface area is 172 Å². The molecule has 0 saturated carbocycles. The molecule has 0 aliphatic heterocycles. The van der Waals surface area contributed by atoms with Crippen LogP contribution in [0.4, 0.5) is 5.69 Å². The van der Waals surface area contributed by atoms with Crippen molar-refractivity contribution in [3.05, 3.63) is 66.2 Å². The number of hydrogen-bond donors (Lipinski definition) is 2. The maximum Gasteiger partial charge on any atom is 0.177 e. The highest BCUT2D eigenvalue weighted by Gasteiger charge is 2.20. The van der Waals surface area contributed by atoms with Gasteiger partial charge < -0.3 is 15.5 Å². The number of rotatable bonds is 6. The van der Waals surface area contributed by atoms with Crippen LogP contribution >= 0.6 is 50.2 Å². The molecule has 4 aromatic rings. The maximum atomic E-state index is 6.32. The second-order valence-electron chi connectivity index (χ2n) is 5.77. The van der Waals surface area contributed by atoms with Crippen LogP contribution in [-0.2, 0) is 13.0 Å². The molecule has 0 saturated heterocycles. The first-order valence-electron chi connectivity index (χ1n) is 7.94. The second-order valence-corrected chi connectivity index (χ2v) is 8.96. The molecule has 0 aliphatic carbocycles. The number of nitrogens with zero attached hydrogens (tertiary/aromatic N) is 1. The minimum atomic E-state index is -0.120. The third-order valence-corrected chi connectivity index (χ3v) is 6.86. The predicted molar refractivity (Wildman–Crippen MR) is 113 cm³/mol. The number of nitrogens with two attached hydrogens (primary N) is 1. The molecule has 8 heteroatoms. The molecule has 0 radical (unpaired) electrons. The highest BCUT2D eigenvalue weighted by molar-refractivity contribution is 9.10. The highest BCUT2D eigenvalue weighted by Crippen LogP contribution is 2.37. The fourth-order valence-electron chi connectivity index (χ4n) is 2.71. The lowest BCUT2D eigenvalue weighted by Crippen LogP contribution is -2.11. The summed E-state index contributed by atoms with van der Waals surface area (Å²) in [5.41, 5.74) is 8.54. The summed E-state index contributed by atoms with van der Waals surface area (Å²) in [6.07, 6.45) is 0.583. The molecule has 1 atom stereocenters. The summed E-state index contributed by atoms with van der Waals surface area (Å²) < 4.78 is 6.93. The largest absolute Gasteiger partial charge is 0.456 e. The average molecular weight is 469 g/mol. The molecule has 4 rings (SSSR count). The molecule has 134 valence electrons. The summed E-state index contributed by atoms with van der Waals surface area (Å²) in [5.74, 6) is 0.773. The van der Waals surface area contributed by atoms with Gasteiger partial charge in [0.1, 0.15) is 16.4 Å². The van der Waals surface area contributed by atoms with E-state index in [9.17, 15) is 0 Å². The number of fused-ring (bicyclic) bond motifs is 1. The third-order valence-electron chi connectivity index (χ3n) is 3.97. The molecule has 0 unspecified atom stereocenters. The number of anilines is 1. The molecule has 4 aromatic heterocycles. The summed E-state index contributed by atoms with van der Waals surface area (Å²) in [4.78, 5) is 6.78. The SMILES string of the molecule is N[C@H](Cc1oc2c(NCc3cccs3)cc(Cl)nc2c1Br)c1cccs1. The van der Waals surface area contributed by atoms with E-state index < -0.39 is 0 Å². The van der Waals surface area contributed by atoms with Crippen molar-refractivity contribution in [3.8, 4) is 0 Å². The Morgan fingerprint density at radius 3 is 2.81 bits per heavy atom. The molecule has 0 aliphatic rings. The Kier molecular flexibility index (Phi) is 5.33. The first-order valence-corrected chi connectivity index (χ1v) is 10.9. The quantitative estimate of drug-likeness (QED) is 0.330. The lowest BCUT2D eigenvalue weighted by Gasteiger charge is -2.07. The van der Waals surface area contributed by atoms with Crippen molar-refractivity contribution in [1.29, 1.82) is 0 Å². The number of furan rings is 1. The molecular formula is C18H15BrClN3OS2. The first kappa shape index (κ1) is 18.0. The second kappa shape index (κ2) is 7.70. The van der Waals surface area contributed by atoms with Crippen molar-refractivity contribution in [3.63, 3.8) is 0 Å². The average Bonchev–Trinajstić information content (AvgIpc) is 3.36. The predicted octanol–water partition coefficient (Wildman–Crippen LogP) is 6.22. The Morgan fingerprint density at radius 2 is 2.08 bits per heavy atom. The van der Waals surface area contributed by atoms with Gasteiger partial charge in [-0.2, -0.15) is 0 Å². The first-order chi connectivity index (χ1) is 12.6. The van der Waals surface area contributed by atoms with Gasteiger partial charge in [0.05, 0.1) is 10.2 Å². The van der Waals surface area contributed by atoms with E-state index in [1.165, 1.54) is 4.88 Å². The number of aromatic nitrogens is 1. The van der Waals surface area contributed by atoms with Gasteiger partial charge in [-0.3, -0.25) is 0 Å². The van der Waals surface area contributed by atoms with Crippen LogP contribution in [0.1, 0.15) is 21.6 Å². The van der Waals surface area contributed by atoms with Crippen LogP contribution in [0.25, 0.3) is 11.1 Å². The molecular weight excluding hydrogens is 454 g/mol. The normalized spacial score (nSPS) is 12.6. The van der Waals surface area contributed by atoms with Gasteiger partial charge in [0.2, 0.25) is 0 Å². The van der Waals surface area contributed by atoms with Crippen molar-refractivity contribution in [1.82, 2.24) is 4.98 Å². The molecule has 0 aromatic carbocycles. The molecule has 3 N–H and O–H groups in total. The number of nitrogens with one attached hydrogen (secondary N) is 1. The van der Waals surface area contributed by atoms with Gasteiger partial charge >= 0.3 is 0 Å². The van der Waals surface area contributed by atoms with E-state index in [2.05, 4.69) is 37.7 Å². The molecule has 0 fully saturated rings. The maximum absolute atomic E-state index is 6.32. The number of thiophene rings is 2. The molecule has 26 heavy (non-hydrogen) atoms. The van der Waals surface area contributed by atoms with Gasteiger partial charge in [0.25, 0.3) is 0 Å². The van der Waals surface area contributed by atoms with E-state index in [1.54, 1.807) is 28.7 Å². The lowest BCUT2D eigenvalue weighted by atomic mass is 10.1. The third kappa shape index (κ3) is 3.68. The van der Waals surface area contributed by atoms with Crippen LogP contribution < -0.4 is 11.1 Å². The van der Waals surface area contributed by atoms with Crippen molar-refractivity contribution in [2.45, 2.75) is 19.0 Å². The summed E-state index contributed by atoms with van der Waals surface area (Å²) in [5, 5.41) is 7.89. The molecule has 4 nitrogen and oxygen atoms in total. The van der Waals surface area contributed by atoms with Crippen LogP contribution in [-0.4, -0.2) is 4.98 Å². The molecule has 0 spiro atoms. The summed E-state index contributed by atoms with van der Waals surface area (Å²) in [6, 6.07) is 9.82. The zero-order valence-electron chi connectivity index (χ0n) is 13.5. The van der Waals surface area contributed by atoms with Gasteiger partial charge in [0, 0.05) is 34.8 Å². The fraction of sp³-hybridized carbons (Fsp3) is 0.167.